The van der Waals surface area contributed by atoms with Crippen molar-refractivity contribution in [3.8, 4) is 5.88 Å². The van der Waals surface area contributed by atoms with Crippen LogP contribution in [0.25, 0.3) is 5.65 Å². The zero-order valence-electron chi connectivity index (χ0n) is 8.69. The highest BCUT2D eigenvalue weighted by molar-refractivity contribution is 5.44. The fourth-order valence-electron chi connectivity index (χ4n) is 1.47. The molecule has 3 heteroatoms. The van der Waals surface area contributed by atoms with Crippen LogP contribution in [0.2, 0.25) is 0 Å². The number of hydrogen-bond acceptors (Lipinski definition) is 2. The van der Waals surface area contributed by atoms with E-state index in [1.54, 1.807) is 13.3 Å². The van der Waals surface area contributed by atoms with Crippen LogP contribution in [0.1, 0.15) is 25.3 Å². The maximum atomic E-state index is 5.20. The largest absolute Gasteiger partial charge is 0.481 e. The van der Waals surface area contributed by atoms with Gasteiger partial charge in [0.2, 0.25) is 5.88 Å². The van der Waals surface area contributed by atoms with Gasteiger partial charge in [-0.1, -0.05) is 19.9 Å². The maximum Gasteiger partial charge on any atom is 0.218 e. The third-order valence-electron chi connectivity index (χ3n) is 2.37. The zero-order valence-corrected chi connectivity index (χ0v) is 8.69. The SMILES string of the molecule is COc1cnc2ccc(C(C)C)cn12. The maximum absolute atomic E-state index is 5.20. The van der Waals surface area contributed by atoms with E-state index in [4.69, 9.17) is 4.74 Å². The number of aromatic nitrogens is 2. The summed E-state index contributed by atoms with van der Waals surface area (Å²) >= 11 is 0. The molecule has 2 aromatic heterocycles. The number of ether oxygens (including phenoxy) is 1. The molecule has 2 rings (SSSR count). The Labute approximate surface area is 83.3 Å². The molecule has 0 N–H and O–H groups in total. The summed E-state index contributed by atoms with van der Waals surface area (Å²) in [5.74, 6) is 1.30. The molecule has 2 aromatic rings. The highest BCUT2D eigenvalue weighted by Crippen LogP contribution is 2.19. The van der Waals surface area contributed by atoms with E-state index in [1.807, 2.05) is 10.5 Å². The number of hydrogen-bond donors (Lipinski definition) is 0. The minimum Gasteiger partial charge on any atom is -0.481 e. The van der Waals surface area contributed by atoms with Crippen LogP contribution in [0.5, 0.6) is 5.88 Å². The fourth-order valence-corrected chi connectivity index (χ4v) is 1.47. The van der Waals surface area contributed by atoms with Gasteiger partial charge < -0.3 is 4.74 Å². The first-order valence-electron chi connectivity index (χ1n) is 4.73. The lowest BCUT2D eigenvalue weighted by Crippen LogP contribution is -1.94. The van der Waals surface area contributed by atoms with E-state index in [1.165, 1.54) is 5.56 Å². The minimum absolute atomic E-state index is 0.520. The molecular formula is C11H14N2O. The average molecular weight is 190 g/mol. The molecule has 74 valence electrons. The van der Waals surface area contributed by atoms with Gasteiger partial charge in [-0.05, 0) is 17.5 Å². The molecule has 2 heterocycles. The van der Waals surface area contributed by atoms with Gasteiger partial charge in [-0.15, -0.1) is 0 Å². The third-order valence-corrected chi connectivity index (χ3v) is 2.37. The summed E-state index contributed by atoms with van der Waals surface area (Å²) in [6.45, 7) is 4.34. The van der Waals surface area contributed by atoms with Crippen LogP contribution in [0.3, 0.4) is 0 Å². The van der Waals surface area contributed by atoms with E-state index in [-0.39, 0.29) is 0 Å². The molecule has 0 aliphatic carbocycles. The van der Waals surface area contributed by atoms with E-state index >= 15 is 0 Å². The van der Waals surface area contributed by atoms with Gasteiger partial charge >= 0.3 is 0 Å². The minimum atomic E-state index is 0.520. The fraction of sp³-hybridized carbons (Fsp3) is 0.364. The zero-order chi connectivity index (χ0) is 10.1. The van der Waals surface area contributed by atoms with Gasteiger partial charge in [0.25, 0.3) is 0 Å². The summed E-state index contributed by atoms with van der Waals surface area (Å²) in [5, 5.41) is 0. The molecule has 0 spiro atoms. The van der Waals surface area contributed by atoms with Gasteiger partial charge in [0, 0.05) is 6.20 Å². The van der Waals surface area contributed by atoms with Crippen LogP contribution in [0, 0.1) is 0 Å². The van der Waals surface area contributed by atoms with Crippen LogP contribution in [0.15, 0.2) is 24.5 Å². The van der Waals surface area contributed by atoms with Gasteiger partial charge in [-0.25, -0.2) is 4.98 Å². The number of nitrogens with zero attached hydrogens (tertiary/aromatic N) is 2. The van der Waals surface area contributed by atoms with Crippen molar-refractivity contribution in [2.45, 2.75) is 19.8 Å². The molecule has 0 unspecified atom stereocenters. The molecule has 0 radical (unpaired) electrons. The summed E-state index contributed by atoms with van der Waals surface area (Å²) < 4.78 is 7.17. The quantitative estimate of drug-likeness (QED) is 0.727. The van der Waals surface area contributed by atoms with Crippen molar-refractivity contribution in [3.63, 3.8) is 0 Å². The van der Waals surface area contributed by atoms with Crippen molar-refractivity contribution in [3.05, 3.63) is 30.1 Å². The van der Waals surface area contributed by atoms with Crippen LogP contribution in [-0.2, 0) is 0 Å². The molecule has 0 aliphatic heterocycles. The smallest absolute Gasteiger partial charge is 0.218 e. The molecule has 3 nitrogen and oxygen atoms in total. The summed E-state index contributed by atoms with van der Waals surface area (Å²) in [6.07, 6.45) is 3.81. The first-order chi connectivity index (χ1) is 6.72. The number of methoxy groups -OCH3 is 1. The molecule has 0 saturated heterocycles. The summed E-state index contributed by atoms with van der Waals surface area (Å²) in [7, 11) is 1.66. The molecule has 0 aromatic carbocycles. The first kappa shape index (κ1) is 9.06. The normalized spacial score (nSPS) is 11.1. The predicted molar refractivity (Wildman–Crippen MR) is 55.8 cm³/mol. The van der Waals surface area contributed by atoms with E-state index < -0.39 is 0 Å². The topological polar surface area (TPSA) is 26.5 Å². The standard InChI is InChI=1S/C11H14N2O/c1-8(2)9-4-5-10-12-6-11(14-3)13(10)7-9/h4-8H,1-3H3. The Balaban J connectivity index is 2.61. The Bertz CT molecular complexity index is 445. The number of pyridine rings is 1. The second kappa shape index (κ2) is 3.33. The highest BCUT2D eigenvalue weighted by atomic mass is 16.5. The number of rotatable bonds is 2. The predicted octanol–water partition coefficient (Wildman–Crippen LogP) is 2.47. The van der Waals surface area contributed by atoms with Gasteiger partial charge in [0.15, 0.2) is 0 Å². The number of fused-ring (bicyclic) bond motifs is 1. The van der Waals surface area contributed by atoms with Crippen LogP contribution in [0.4, 0.5) is 0 Å². The van der Waals surface area contributed by atoms with Crippen molar-refractivity contribution >= 4 is 5.65 Å². The first-order valence-corrected chi connectivity index (χ1v) is 4.73. The summed E-state index contributed by atoms with van der Waals surface area (Å²) in [6, 6.07) is 4.12. The van der Waals surface area contributed by atoms with Crippen molar-refractivity contribution < 1.29 is 4.74 Å². The Hall–Kier alpha value is -1.51. The van der Waals surface area contributed by atoms with Gasteiger partial charge in [0.1, 0.15) is 5.65 Å². The Morgan fingerprint density at radius 3 is 2.79 bits per heavy atom. The second-order valence-corrected chi connectivity index (χ2v) is 3.65. The van der Waals surface area contributed by atoms with E-state index in [2.05, 4.69) is 31.1 Å². The Morgan fingerprint density at radius 2 is 2.14 bits per heavy atom. The molecular weight excluding hydrogens is 176 g/mol. The van der Waals surface area contributed by atoms with E-state index in [0.29, 0.717) is 5.92 Å². The molecule has 0 atom stereocenters. The molecule has 0 aliphatic rings. The molecule has 0 fully saturated rings. The third kappa shape index (κ3) is 1.35. The summed E-state index contributed by atoms with van der Waals surface area (Å²) in [5.41, 5.74) is 2.21. The van der Waals surface area contributed by atoms with Crippen LogP contribution in [-0.4, -0.2) is 16.5 Å². The molecule has 14 heavy (non-hydrogen) atoms. The van der Waals surface area contributed by atoms with E-state index in [9.17, 15) is 0 Å². The highest BCUT2D eigenvalue weighted by Gasteiger charge is 2.05. The van der Waals surface area contributed by atoms with Gasteiger partial charge in [-0.3, -0.25) is 4.40 Å². The van der Waals surface area contributed by atoms with Crippen molar-refractivity contribution in [1.29, 1.82) is 0 Å². The van der Waals surface area contributed by atoms with Crippen molar-refractivity contribution in [2.75, 3.05) is 7.11 Å². The van der Waals surface area contributed by atoms with Crippen LogP contribution < -0.4 is 4.74 Å². The van der Waals surface area contributed by atoms with Crippen LogP contribution >= 0.6 is 0 Å². The van der Waals surface area contributed by atoms with Crippen molar-refractivity contribution in [1.82, 2.24) is 9.38 Å². The lowest BCUT2D eigenvalue weighted by molar-refractivity contribution is 0.394. The average Bonchev–Trinajstić information content (AvgIpc) is 2.59. The molecule has 0 bridgehead atoms. The Morgan fingerprint density at radius 1 is 1.36 bits per heavy atom. The molecule has 0 saturated carbocycles. The van der Waals surface area contributed by atoms with Gasteiger partial charge in [-0.2, -0.15) is 0 Å². The molecule has 0 amide bonds. The number of imidazole rings is 1. The van der Waals surface area contributed by atoms with Crippen molar-refractivity contribution in [2.24, 2.45) is 0 Å². The monoisotopic (exact) mass is 190 g/mol. The van der Waals surface area contributed by atoms with Gasteiger partial charge in [0.05, 0.1) is 13.3 Å². The second-order valence-electron chi connectivity index (χ2n) is 3.65. The lowest BCUT2D eigenvalue weighted by Gasteiger charge is -2.06. The summed E-state index contributed by atoms with van der Waals surface area (Å²) in [4.78, 5) is 4.23. The van der Waals surface area contributed by atoms with E-state index in [0.717, 1.165) is 11.5 Å². The lowest BCUT2D eigenvalue weighted by atomic mass is 10.1. The Kier molecular flexibility index (Phi) is 2.15.